The lowest BCUT2D eigenvalue weighted by Crippen LogP contribution is -2.14. The minimum absolute atomic E-state index is 0.662. The maximum atomic E-state index is 4.80. The molecule has 0 bridgehead atoms. The van der Waals surface area contributed by atoms with E-state index < -0.39 is 0 Å². The first-order chi connectivity index (χ1) is 18.3. The van der Waals surface area contributed by atoms with Crippen LogP contribution in [0.2, 0.25) is 0 Å². The third-order valence-electron chi connectivity index (χ3n) is 9.66. The highest BCUT2D eigenvalue weighted by Gasteiger charge is 2.24. The van der Waals surface area contributed by atoms with E-state index in [4.69, 9.17) is 9.97 Å². The van der Waals surface area contributed by atoms with Crippen molar-refractivity contribution in [3.05, 3.63) is 47.8 Å². The molecule has 2 aromatic rings. The molecule has 0 saturated heterocycles. The monoisotopic (exact) mass is 502 g/mol. The number of hydrogen-bond acceptors (Lipinski definition) is 2. The first kappa shape index (κ1) is 28.3. The van der Waals surface area contributed by atoms with Crippen LogP contribution in [-0.2, 0) is 0 Å². The van der Waals surface area contributed by atoms with Crippen LogP contribution in [0.3, 0.4) is 0 Å². The van der Waals surface area contributed by atoms with Crippen molar-refractivity contribution in [3.8, 4) is 11.4 Å². The molecule has 2 heteroatoms. The Morgan fingerprint density at radius 1 is 0.541 bits per heavy atom. The lowest BCUT2D eigenvalue weighted by Gasteiger charge is -2.29. The molecule has 2 aliphatic carbocycles. The maximum Gasteiger partial charge on any atom is 0.159 e. The molecule has 37 heavy (non-hydrogen) atoms. The van der Waals surface area contributed by atoms with Crippen LogP contribution in [0, 0.1) is 11.8 Å². The Labute approximate surface area is 228 Å². The lowest BCUT2D eigenvalue weighted by molar-refractivity contribution is 0.301. The Bertz CT molecular complexity index is 855. The average molecular weight is 503 g/mol. The molecule has 0 radical (unpaired) electrons. The molecule has 1 aromatic heterocycles. The van der Waals surface area contributed by atoms with Crippen molar-refractivity contribution >= 4 is 0 Å². The van der Waals surface area contributed by atoms with Gasteiger partial charge >= 0.3 is 0 Å². The van der Waals surface area contributed by atoms with Gasteiger partial charge < -0.3 is 0 Å². The molecule has 4 rings (SSSR count). The summed E-state index contributed by atoms with van der Waals surface area (Å²) in [6.07, 6.45) is 30.8. The summed E-state index contributed by atoms with van der Waals surface area (Å²) in [6, 6.07) is 9.21. The van der Waals surface area contributed by atoms with Crippen molar-refractivity contribution in [2.24, 2.45) is 11.8 Å². The number of rotatable bonds is 14. The van der Waals surface area contributed by atoms with Crippen molar-refractivity contribution in [1.29, 1.82) is 0 Å². The minimum atomic E-state index is 0.662. The fraction of sp³-hybridized carbons (Fsp3) is 0.714. The Morgan fingerprint density at radius 3 is 1.51 bits per heavy atom. The molecule has 2 fully saturated rings. The SMILES string of the molecule is CCCCCCC[C@H]1CC[C@H](c2cnc(-c3ccc([C@H]4CC[C@H](CCCCCC)CC4)cc3)nc2)CC1. The van der Waals surface area contributed by atoms with Gasteiger partial charge in [-0.3, -0.25) is 0 Å². The van der Waals surface area contributed by atoms with Gasteiger partial charge in [-0.15, -0.1) is 0 Å². The van der Waals surface area contributed by atoms with Crippen LogP contribution in [0.15, 0.2) is 36.7 Å². The van der Waals surface area contributed by atoms with Crippen molar-refractivity contribution < 1.29 is 0 Å². The van der Waals surface area contributed by atoms with Crippen LogP contribution in [0.25, 0.3) is 11.4 Å². The standard InChI is InChI=1S/C35H54N2/c1-3-5-7-9-11-13-29-16-20-32(21-17-29)34-26-36-35(37-27-34)33-24-22-31(23-25-33)30-18-14-28(15-19-30)12-10-8-6-4-2/h22-30,32H,3-21H2,1-2H3/t28-,29-,30-,32-. The van der Waals surface area contributed by atoms with Gasteiger partial charge in [0.15, 0.2) is 5.82 Å². The van der Waals surface area contributed by atoms with Crippen molar-refractivity contribution in [2.75, 3.05) is 0 Å². The average Bonchev–Trinajstić information content (AvgIpc) is 2.96. The summed E-state index contributed by atoms with van der Waals surface area (Å²) >= 11 is 0. The quantitative estimate of drug-likeness (QED) is 0.240. The number of nitrogens with zero attached hydrogens (tertiary/aromatic N) is 2. The summed E-state index contributed by atoms with van der Waals surface area (Å²) in [4.78, 5) is 9.61. The van der Waals surface area contributed by atoms with Gasteiger partial charge in [0.1, 0.15) is 0 Å². The Morgan fingerprint density at radius 2 is 1.00 bits per heavy atom. The highest BCUT2D eigenvalue weighted by Crippen LogP contribution is 2.39. The van der Waals surface area contributed by atoms with Gasteiger partial charge in [-0.05, 0) is 86.2 Å². The second-order valence-corrected chi connectivity index (χ2v) is 12.4. The van der Waals surface area contributed by atoms with Gasteiger partial charge in [0.25, 0.3) is 0 Å². The summed E-state index contributed by atoms with van der Waals surface area (Å²) in [7, 11) is 0. The molecule has 0 N–H and O–H groups in total. The Kier molecular flexibility index (Phi) is 12.0. The first-order valence-corrected chi connectivity index (χ1v) is 16.2. The van der Waals surface area contributed by atoms with Gasteiger partial charge in [0.05, 0.1) is 0 Å². The summed E-state index contributed by atoms with van der Waals surface area (Å²) < 4.78 is 0. The minimum Gasteiger partial charge on any atom is -0.236 e. The van der Waals surface area contributed by atoms with Gasteiger partial charge in [-0.2, -0.15) is 0 Å². The molecule has 0 atom stereocenters. The summed E-state index contributed by atoms with van der Waals surface area (Å²) in [6.45, 7) is 4.61. The molecule has 1 aromatic carbocycles. The number of aromatic nitrogens is 2. The zero-order valence-electron chi connectivity index (χ0n) is 24.1. The number of hydrogen-bond donors (Lipinski definition) is 0. The molecule has 204 valence electrons. The maximum absolute atomic E-state index is 4.80. The molecule has 2 nitrogen and oxygen atoms in total. The second kappa shape index (κ2) is 15.6. The van der Waals surface area contributed by atoms with Crippen molar-refractivity contribution in [1.82, 2.24) is 9.97 Å². The molecule has 0 spiro atoms. The van der Waals surface area contributed by atoms with Crippen LogP contribution >= 0.6 is 0 Å². The zero-order valence-corrected chi connectivity index (χ0v) is 24.1. The largest absolute Gasteiger partial charge is 0.236 e. The van der Waals surface area contributed by atoms with E-state index in [2.05, 4.69) is 50.5 Å². The van der Waals surface area contributed by atoms with Gasteiger partial charge in [-0.25, -0.2) is 9.97 Å². The molecule has 1 heterocycles. The Hall–Kier alpha value is -1.70. The van der Waals surface area contributed by atoms with Crippen LogP contribution in [0.4, 0.5) is 0 Å². The number of unbranched alkanes of at least 4 members (excludes halogenated alkanes) is 7. The zero-order chi connectivity index (χ0) is 25.7. The molecular formula is C35H54N2. The van der Waals surface area contributed by atoms with E-state index in [0.29, 0.717) is 5.92 Å². The predicted molar refractivity (Wildman–Crippen MR) is 159 cm³/mol. The first-order valence-electron chi connectivity index (χ1n) is 16.2. The van der Waals surface area contributed by atoms with Crippen LogP contribution in [0.1, 0.15) is 159 Å². The number of benzene rings is 1. The molecule has 2 saturated carbocycles. The van der Waals surface area contributed by atoms with Gasteiger partial charge in [-0.1, -0.05) is 109 Å². The van der Waals surface area contributed by atoms with E-state index in [-0.39, 0.29) is 0 Å². The summed E-state index contributed by atoms with van der Waals surface area (Å²) in [5.41, 5.74) is 4.03. The molecular weight excluding hydrogens is 448 g/mol. The second-order valence-electron chi connectivity index (χ2n) is 12.4. The fourth-order valence-electron chi connectivity index (χ4n) is 7.07. The third kappa shape index (κ3) is 8.93. The van der Waals surface area contributed by atoms with E-state index in [1.165, 1.54) is 133 Å². The van der Waals surface area contributed by atoms with E-state index in [9.17, 15) is 0 Å². The van der Waals surface area contributed by atoms with E-state index in [1.54, 1.807) is 0 Å². The lowest BCUT2D eigenvalue weighted by atomic mass is 9.77. The summed E-state index contributed by atoms with van der Waals surface area (Å²) in [5.74, 6) is 4.22. The van der Waals surface area contributed by atoms with Gasteiger partial charge in [0, 0.05) is 18.0 Å². The normalized spacial score (nSPS) is 24.3. The highest BCUT2D eigenvalue weighted by atomic mass is 14.9. The highest BCUT2D eigenvalue weighted by molar-refractivity contribution is 5.55. The molecule has 0 amide bonds. The van der Waals surface area contributed by atoms with Gasteiger partial charge in [0.2, 0.25) is 0 Å². The topological polar surface area (TPSA) is 25.8 Å². The molecule has 0 aliphatic heterocycles. The predicted octanol–water partition coefficient (Wildman–Crippen LogP) is 11.0. The van der Waals surface area contributed by atoms with Crippen LogP contribution in [-0.4, -0.2) is 9.97 Å². The smallest absolute Gasteiger partial charge is 0.159 e. The molecule has 0 unspecified atom stereocenters. The van der Waals surface area contributed by atoms with Crippen molar-refractivity contribution in [3.63, 3.8) is 0 Å². The Balaban J connectivity index is 1.20. The molecule has 2 aliphatic rings. The van der Waals surface area contributed by atoms with E-state index in [1.807, 2.05) is 0 Å². The van der Waals surface area contributed by atoms with Crippen LogP contribution < -0.4 is 0 Å². The summed E-state index contributed by atoms with van der Waals surface area (Å²) in [5, 5.41) is 0. The van der Waals surface area contributed by atoms with E-state index >= 15 is 0 Å². The fourth-order valence-corrected chi connectivity index (χ4v) is 7.07. The van der Waals surface area contributed by atoms with Crippen molar-refractivity contribution in [2.45, 2.75) is 148 Å². The third-order valence-corrected chi connectivity index (χ3v) is 9.66. The van der Waals surface area contributed by atoms with Crippen LogP contribution in [0.5, 0.6) is 0 Å². The van der Waals surface area contributed by atoms with E-state index in [0.717, 1.165) is 29.1 Å².